The van der Waals surface area contributed by atoms with Gasteiger partial charge in [0, 0.05) is 19.3 Å². The molecule has 0 saturated carbocycles. The Bertz CT molecular complexity index is 584. The molecule has 5 heteroatoms. The Kier molecular flexibility index (Phi) is 4.96. The minimum Gasteiger partial charge on any atom is -0.380 e. The van der Waals surface area contributed by atoms with Crippen molar-refractivity contribution in [3.63, 3.8) is 0 Å². The smallest absolute Gasteiger partial charge is 0.138 e. The third-order valence-electron chi connectivity index (χ3n) is 2.84. The molecule has 4 nitrogen and oxygen atoms in total. The van der Waals surface area contributed by atoms with Crippen molar-refractivity contribution in [3.05, 3.63) is 53.7 Å². The van der Waals surface area contributed by atoms with E-state index in [2.05, 4.69) is 15.6 Å². The van der Waals surface area contributed by atoms with Crippen LogP contribution < -0.4 is 10.6 Å². The summed E-state index contributed by atoms with van der Waals surface area (Å²) in [5.41, 5.74) is 2.58. The van der Waals surface area contributed by atoms with Gasteiger partial charge >= 0.3 is 0 Å². The van der Waals surface area contributed by atoms with Gasteiger partial charge < -0.3 is 10.6 Å². The molecular weight excluding hydrogens is 272 g/mol. The maximum atomic E-state index is 7.72. The number of nitrogens with one attached hydrogen (secondary N) is 3. The van der Waals surface area contributed by atoms with Gasteiger partial charge in [-0.3, -0.25) is 5.41 Å². The Morgan fingerprint density at radius 1 is 1.20 bits per heavy atom. The molecule has 0 aliphatic carbocycles. The lowest BCUT2D eigenvalue weighted by Gasteiger charge is -2.14. The van der Waals surface area contributed by atoms with Crippen LogP contribution in [0.4, 0.5) is 11.5 Å². The zero-order chi connectivity index (χ0) is 14.4. The van der Waals surface area contributed by atoms with Crippen molar-refractivity contribution in [3.8, 4) is 0 Å². The van der Waals surface area contributed by atoms with E-state index in [0.717, 1.165) is 12.2 Å². The van der Waals surface area contributed by atoms with Crippen LogP contribution in [0.2, 0.25) is 0 Å². The standard InChI is InChI=1S/C15H17ClN4/c1-2-18-15-13(14(16)17)12(8-9-19-15)20-10-11-6-4-3-5-7-11/h3-9,17H,2,10H2,1H3,(H2,18,19,20). The molecule has 0 bridgehead atoms. The lowest BCUT2D eigenvalue weighted by atomic mass is 10.2. The minimum atomic E-state index is -0.0235. The maximum Gasteiger partial charge on any atom is 0.138 e. The molecule has 1 heterocycles. The molecule has 0 spiro atoms. The zero-order valence-electron chi connectivity index (χ0n) is 11.3. The number of halogens is 1. The number of rotatable bonds is 6. The van der Waals surface area contributed by atoms with Crippen LogP contribution in [-0.2, 0) is 6.54 Å². The molecule has 0 aliphatic heterocycles. The predicted molar refractivity (Wildman–Crippen MR) is 84.9 cm³/mol. The summed E-state index contributed by atoms with van der Waals surface area (Å²) in [6.07, 6.45) is 1.70. The van der Waals surface area contributed by atoms with Gasteiger partial charge in [0.05, 0.1) is 11.3 Å². The fraction of sp³-hybridized carbons (Fsp3) is 0.200. The Balaban J connectivity index is 2.22. The lowest BCUT2D eigenvalue weighted by Crippen LogP contribution is -2.10. The summed E-state index contributed by atoms with van der Waals surface area (Å²) in [5, 5.41) is 14.1. The molecule has 0 unspecified atom stereocenters. The van der Waals surface area contributed by atoms with E-state index in [9.17, 15) is 0 Å². The van der Waals surface area contributed by atoms with Gasteiger partial charge in [-0.15, -0.1) is 0 Å². The van der Waals surface area contributed by atoms with E-state index in [1.54, 1.807) is 6.20 Å². The summed E-state index contributed by atoms with van der Waals surface area (Å²) in [6, 6.07) is 11.9. The SMILES string of the molecule is CCNc1nccc(NCc2ccccc2)c1C(=N)Cl. The fourth-order valence-electron chi connectivity index (χ4n) is 1.93. The molecule has 3 N–H and O–H groups in total. The highest BCUT2D eigenvalue weighted by Gasteiger charge is 2.12. The van der Waals surface area contributed by atoms with Crippen LogP contribution in [0.15, 0.2) is 42.6 Å². The fourth-order valence-corrected chi connectivity index (χ4v) is 2.12. The molecule has 0 amide bonds. The average Bonchev–Trinajstić information content (AvgIpc) is 2.46. The van der Waals surface area contributed by atoms with Gasteiger partial charge in [-0.05, 0) is 18.6 Å². The molecule has 0 saturated heterocycles. The normalized spacial score (nSPS) is 10.1. The van der Waals surface area contributed by atoms with Crippen LogP contribution in [0.5, 0.6) is 0 Å². The lowest BCUT2D eigenvalue weighted by molar-refractivity contribution is 1.12. The van der Waals surface area contributed by atoms with E-state index in [4.69, 9.17) is 17.0 Å². The van der Waals surface area contributed by atoms with E-state index in [1.807, 2.05) is 43.3 Å². The first-order valence-corrected chi connectivity index (χ1v) is 6.85. The van der Waals surface area contributed by atoms with Crippen LogP contribution in [0.25, 0.3) is 0 Å². The third kappa shape index (κ3) is 3.48. The second kappa shape index (κ2) is 6.91. The highest BCUT2D eigenvalue weighted by Crippen LogP contribution is 2.24. The number of anilines is 2. The number of pyridine rings is 1. The van der Waals surface area contributed by atoms with Gasteiger partial charge in [0.25, 0.3) is 0 Å². The number of nitrogens with zero attached hydrogens (tertiary/aromatic N) is 1. The predicted octanol–water partition coefficient (Wildman–Crippen LogP) is 3.69. The van der Waals surface area contributed by atoms with E-state index in [1.165, 1.54) is 5.56 Å². The van der Waals surface area contributed by atoms with Gasteiger partial charge in [-0.1, -0.05) is 41.9 Å². The second-order valence-corrected chi connectivity index (χ2v) is 4.64. The maximum absolute atomic E-state index is 7.72. The van der Waals surface area contributed by atoms with Gasteiger partial charge in [-0.2, -0.15) is 0 Å². The van der Waals surface area contributed by atoms with Crippen LogP contribution >= 0.6 is 11.6 Å². The Morgan fingerprint density at radius 2 is 1.95 bits per heavy atom. The summed E-state index contributed by atoms with van der Waals surface area (Å²) in [4.78, 5) is 4.23. The second-order valence-electron chi connectivity index (χ2n) is 4.27. The minimum absolute atomic E-state index is 0.0235. The van der Waals surface area contributed by atoms with E-state index < -0.39 is 0 Å². The van der Waals surface area contributed by atoms with Gasteiger partial charge in [0.1, 0.15) is 11.0 Å². The third-order valence-corrected chi connectivity index (χ3v) is 3.03. The number of aromatic nitrogens is 1. The van der Waals surface area contributed by atoms with Crippen molar-refractivity contribution in [1.29, 1.82) is 5.41 Å². The largest absolute Gasteiger partial charge is 0.380 e. The Labute approximate surface area is 123 Å². The molecule has 2 aromatic rings. The van der Waals surface area contributed by atoms with Crippen LogP contribution in [0.1, 0.15) is 18.1 Å². The van der Waals surface area contributed by atoms with Crippen molar-refractivity contribution >= 4 is 28.3 Å². The monoisotopic (exact) mass is 288 g/mol. The summed E-state index contributed by atoms with van der Waals surface area (Å²) < 4.78 is 0. The molecule has 1 aromatic heterocycles. The average molecular weight is 289 g/mol. The van der Waals surface area contributed by atoms with E-state index in [-0.39, 0.29) is 5.17 Å². The molecule has 0 aliphatic rings. The van der Waals surface area contributed by atoms with E-state index in [0.29, 0.717) is 17.9 Å². The first-order chi connectivity index (χ1) is 9.72. The van der Waals surface area contributed by atoms with Crippen LogP contribution in [0, 0.1) is 5.41 Å². The molecule has 0 fully saturated rings. The van der Waals surface area contributed by atoms with Crippen molar-refractivity contribution in [2.45, 2.75) is 13.5 Å². The van der Waals surface area contributed by atoms with Crippen molar-refractivity contribution in [1.82, 2.24) is 4.98 Å². The molecular formula is C15H17ClN4. The summed E-state index contributed by atoms with van der Waals surface area (Å²) in [7, 11) is 0. The molecule has 0 atom stereocenters. The van der Waals surface area contributed by atoms with E-state index >= 15 is 0 Å². The summed E-state index contributed by atoms with van der Waals surface area (Å²) in [5.74, 6) is 0.630. The van der Waals surface area contributed by atoms with Crippen molar-refractivity contribution < 1.29 is 0 Å². The molecule has 20 heavy (non-hydrogen) atoms. The van der Waals surface area contributed by atoms with Gasteiger partial charge in [0.2, 0.25) is 0 Å². The zero-order valence-corrected chi connectivity index (χ0v) is 12.0. The summed E-state index contributed by atoms with van der Waals surface area (Å²) >= 11 is 5.89. The Morgan fingerprint density at radius 3 is 2.60 bits per heavy atom. The molecule has 1 aromatic carbocycles. The Hall–Kier alpha value is -2.07. The molecule has 0 radical (unpaired) electrons. The van der Waals surface area contributed by atoms with Crippen LogP contribution in [-0.4, -0.2) is 16.7 Å². The summed E-state index contributed by atoms with van der Waals surface area (Å²) in [6.45, 7) is 3.38. The number of benzene rings is 1. The highest BCUT2D eigenvalue weighted by molar-refractivity contribution is 6.69. The molecule has 2 rings (SSSR count). The first-order valence-electron chi connectivity index (χ1n) is 6.47. The quantitative estimate of drug-likeness (QED) is 0.711. The topological polar surface area (TPSA) is 60.8 Å². The van der Waals surface area contributed by atoms with Gasteiger partial charge in [-0.25, -0.2) is 4.98 Å². The number of hydrogen-bond acceptors (Lipinski definition) is 4. The highest BCUT2D eigenvalue weighted by atomic mass is 35.5. The number of hydrogen-bond donors (Lipinski definition) is 3. The van der Waals surface area contributed by atoms with Crippen LogP contribution in [0.3, 0.4) is 0 Å². The van der Waals surface area contributed by atoms with Crippen molar-refractivity contribution in [2.75, 3.05) is 17.2 Å². The van der Waals surface area contributed by atoms with Gasteiger partial charge in [0.15, 0.2) is 0 Å². The molecule has 104 valence electrons. The first kappa shape index (κ1) is 14.3. The van der Waals surface area contributed by atoms with Crippen molar-refractivity contribution in [2.24, 2.45) is 0 Å².